The number of nitrogens with zero attached hydrogens (tertiary/aromatic N) is 2. The number of rotatable bonds is 2. The Bertz CT molecular complexity index is 1560. The summed E-state index contributed by atoms with van der Waals surface area (Å²) in [5.41, 5.74) is 6.84. The van der Waals surface area contributed by atoms with Crippen LogP contribution in [0.15, 0.2) is 72.8 Å². The van der Waals surface area contributed by atoms with Crippen LogP contribution in [0.5, 0.6) is 11.6 Å². The van der Waals surface area contributed by atoms with Gasteiger partial charge in [-0.3, -0.25) is 4.57 Å². The zero-order valence-electron chi connectivity index (χ0n) is 17.4. The Labute approximate surface area is 189 Å². The Hall–Kier alpha value is -3.77. The van der Waals surface area contributed by atoms with Crippen molar-refractivity contribution in [3.05, 3.63) is 106 Å². The summed E-state index contributed by atoms with van der Waals surface area (Å²) >= 11 is 5.92. The summed E-state index contributed by atoms with van der Waals surface area (Å²) in [4.78, 5) is 3.59. The number of phenols is 1. The second kappa shape index (κ2) is 6.87. The van der Waals surface area contributed by atoms with Crippen molar-refractivity contribution in [2.24, 2.45) is 0 Å². The molecule has 0 bridgehead atoms. The second-order valence-electron chi connectivity index (χ2n) is 8.33. The maximum atomic E-state index is 11.3. The number of phenolic OH excluding ortho intramolecular Hbond substituents is 1. The molecule has 2 aromatic heterocycles. The standard InChI is InChI=1S/C26H21N3O2S/c1-15-9-11-17(12-10-15)28-25(31)22-14-20-19-7-2-3-8-21(19)27-23(20)24(29(22)26(28)32)16-5-4-6-18(30)13-16/h2-13,24,27,30-31H,14H2,1H3. The quantitative estimate of drug-likeness (QED) is 0.301. The minimum absolute atomic E-state index is 0.153. The van der Waals surface area contributed by atoms with E-state index in [0.717, 1.165) is 44.7 Å². The van der Waals surface area contributed by atoms with E-state index >= 15 is 0 Å². The molecular weight excluding hydrogens is 418 g/mol. The lowest BCUT2D eigenvalue weighted by Crippen LogP contribution is -2.21. The van der Waals surface area contributed by atoms with Crippen molar-refractivity contribution < 1.29 is 10.2 Å². The molecule has 32 heavy (non-hydrogen) atoms. The molecule has 3 heterocycles. The van der Waals surface area contributed by atoms with E-state index in [2.05, 4.69) is 17.1 Å². The van der Waals surface area contributed by atoms with Gasteiger partial charge in [0, 0.05) is 23.0 Å². The molecule has 6 heteroatoms. The SMILES string of the molecule is Cc1ccc(-n2c(O)c3n(c2=S)C(c2cccc(O)c2)c2[nH]c4ccccc4c2C3)cc1. The molecule has 6 rings (SSSR count). The number of fused-ring (bicyclic) bond motifs is 4. The highest BCUT2D eigenvalue weighted by molar-refractivity contribution is 7.71. The molecule has 0 aliphatic carbocycles. The Morgan fingerprint density at radius 1 is 0.969 bits per heavy atom. The molecule has 3 aromatic carbocycles. The van der Waals surface area contributed by atoms with Crippen LogP contribution in [0, 0.1) is 11.7 Å². The van der Waals surface area contributed by atoms with Crippen molar-refractivity contribution in [3.63, 3.8) is 0 Å². The predicted molar refractivity (Wildman–Crippen MR) is 127 cm³/mol. The van der Waals surface area contributed by atoms with Gasteiger partial charge in [-0.1, -0.05) is 48.0 Å². The lowest BCUT2D eigenvalue weighted by Gasteiger charge is -2.26. The number of nitrogens with one attached hydrogen (secondary N) is 1. The molecule has 5 aromatic rings. The normalized spacial score (nSPS) is 15.0. The van der Waals surface area contributed by atoms with Gasteiger partial charge in [-0.25, -0.2) is 0 Å². The third kappa shape index (κ3) is 2.66. The highest BCUT2D eigenvalue weighted by Gasteiger charge is 2.34. The highest BCUT2D eigenvalue weighted by Crippen LogP contribution is 2.43. The van der Waals surface area contributed by atoms with Gasteiger partial charge in [0.05, 0.1) is 11.4 Å². The largest absolute Gasteiger partial charge is 0.508 e. The van der Waals surface area contributed by atoms with Crippen LogP contribution < -0.4 is 0 Å². The van der Waals surface area contributed by atoms with E-state index in [9.17, 15) is 10.2 Å². The zero-order chi connectivity index (χ0) is 22.0. The number of aromatic hydroxyl groups is 2. The first-order chi connectivity index (χ1) is 15.5. The van der Waals surface area contributed by atoms with Gasteiger partial charge in [-0.05, 0) is 60.6 Å². The molecule has 1 aliphatic heterocycles. The van der Waals surface area contributed by atoms with Crippen molar-refractivity contribution in [1.29, 1.82) is 0 Å². The molecule has 0 radical (unpaired) electrons. The van der Waals surface area contributed by atoms with Gasteiger partial charge in [-0.2, -0.15) is 0 Å². The van der Waals surface area contributed by atoms with Crippen LogP contribution >= 0.6 is 12.2 Å². The summed E-state index contributed by atoms with van der Waals surface area (Å²) < 4.78 is 4.25. The number of aromatic amines is 1. The Balaban J connectivity index is 1.67. The molecular formula is C26H21N3O2S. The van der Waals surface area contributed by atoms with Crippen LogP contribution in [0.2, 0.25) is 0 Å². The number of para-hydroxylation sites is 1. The van der Waals surface area contributed by atoms with E-state index < -0.39 is 0 Å². The summed E-state index contributed by atoms with van der Waals surface area (Å²) in [6.45, 7) is 2.03. The third-order valence-electron chi connectivity index (χ3n) is 6.36. The average Bonchev–Trinajstić information content (AvgIpc) is 3.28. The van der Waals surface area contributed by atoms with Crippen LogP contribution in [0.1, 0.15) is 34.1 Å². The number of aromatic nitrogens is 3. The molecule has 0 amide bonds. The van der Waals surface area contributed by atoms with Crippen molar-refractivity contribution in [2.75, 3.05) is 0 Å². The van der Waals surface area contributed by atoms with Crippen LogP contribution in [0.25, 0.3) is 16.6 Å². The maximum absolute atomic E-state index is 11.3. The predicted octanol–water partition coefficient (Wildman–Crippen LogP) is 5.75. The number of hydrogen-bond donors (Lipinski definition) is 3. The molecule has 158 valence electrons. The smallest absolute Gasteiger partial charge is 0.218 e. The number of aryl methyl sites for hydroxylation is 1. The van der Waals surface area contributed by atoms with E-state index in [1.165, 1.54) is 0 Å². The lowest BCUT2D eigenvalue weighted by molar-refractivity contribution is 0.433. The van der Waals surface area contributed by atoms with Gasteiger partial charge in [0.2, 0.25) is 5.88 Å². The molecule has 3 N–H and O–H groups in total. The molecule has 5 nitrogen and oxygen atoms in total. The second-order valence-corrected chi connectivity index (χ2v) is 8.70. The zero-order valence-corrected chi connectivity index (χ0v) is 18.2. The van der Waals surface area contributed by atoms with E-state index in [1.54, 1.807) is 16.7 Å². The minimum Gasteiger partial charge on any atom is -0.508 e. The van der Waals surface area contributed by atoms with Crippen LogP contribution in [-0.2, 0) is 6.42 Å². The molecule has 1 unspecified atom stereocenters. The number of benzene rings is 3. The summed E-state index contributed by atoms with van der Waals surface area (Å²) in [5, 5.41) is 22.7. The molecule has 0 spiro atoms. The number of imidazole rings is 1. The summed E-state index contributed by atoms with van der Waals surface area (Å²) in [5.74, 6) is 0.348. The Morgan fingerprint density at radius 2 is 1.75 bits per heavy atom. The van der Waals surface area contributed by atoms with Crippen molar-refractivity contribution in [1.82, 2.24) is 14.1 Å². The third-order valence-corrected chi connectivity index (χ3v) is 6.74. The summed E-state index contributed by atoms with van der Waals surface area (Å²) in [6, 6.07) is 23.1. The van der Waals surface area contributed by atoms with Gasteiger partial charge < -0.3 is 19.8 Å². The topological polar surface area (TPSA) is 66.1 Å². The molecule has 1 aliphatic rings. The summed E-state index contributed by atoms with van der Waals surface area (Å²) in [6.07, 6.45) is 0.559. The molecule has 0 fully saturated rings. The van der Waals surface area contributed by atoms with Crippen molar-refractivity contribution in [3.8, 4) is 17.3 Å². The maximum Gasteiger partial charge on any atom is 0.218 e. The van der Waals surface area contributed by atoms with Gasteiger partial charge in [-0.15, -0.1) is 0 Å². The monoisotopic (exact) mass is 439 g/mol. The van der Waals surface area contributed by atoms with Gasteiger partial charge in [0.15, 0.2) is 4.77 Å². The van der Waals surface area contributed by atoms with Crippen molar-refractivity contribution >= 4 is 23.1 Å². The van der Waals surface area contributed by atoms with Gasteiger partial charge in [0.25, 0.3) is 0 Å². The van der Waals surface area contributed by atoms with Gasteiger partial charge in [0.1, 0.15) is 11.8 Å². The van der Waals surface area contributed by atoms with E-state index in [4.69, 9.17) is 12.2 Å². The van der Waals surface area contributed by atoms with Crippen LogP contribution in [-0.4, -0.2) is 24.3 Å². The van der Waals surface area contributed by atoms with Crippen LogP contribution in [0.4, 0.5) is 0 Å². The first kappa shape index (κ1) is 19.0. The fourth-order valence-electron chi connectivity index (χ4n) is 4.86. The lowest BCUT2D eigenvalue weighted by atomic mass is 9.93. The molecule has 0 saturated carbocycles. The molecule has 0 saturated heterocycles. The van der Waals surface area contributed by atoms with E-state index in [-0.39, 0.29) is 17.7 Å². The number of H-pyrrole nitrogens is 1. The van der Waals surface area contributed by atoms with E-state index in [1.807, 2.05) is 60.0 Å². The van der Waals surface area contributed by atoms with Gasteiger partial charge >= 0.3 is 0 Å². The van der Waals surface area contributed by atoms with Crippen molar-refractivity contribution in [2.45, 2.75) is 19.4 Å². The first-order valence-corrected chi connectivity index (χ1v) is 10.9. The number of hydrogen-bond acceptors (Lipinski definition) is 3. The fourth-order valence-corrected chi connectivity index (χ4v) is 5.27. The van der Waals surface area contributed by atoms with Crippen LogP contribution in [0.3, 0.4) is 0 Å². The Morgan fingerprint density at radius 3 is 2.53 bits per heavy atom. The first-order valence-electron chi connectivity index (χ1n) is 10.5. The highest BCUT2D eigenvalue weighted by atomic mass is 32.1. The summed E-state index contributed by atoms with van der Waals surface area (Å²) in [7, 11) is 0. The van der Waals surface area contributed by atoms with E-state index in [0.29, 0.717) is 11.2 Å². The molecule has 1 atom stereocenters. The Kier molecular flexibility index (Phi) is 4.07. The fraction of sp³-hybridized carbons (Fsp3) is 0.115. The minimum atomic E-state index is -0.293. The average molecular weight is 440 g/mol.